The average Bonchev–Trinajstić information content (AvgIpc) is 3.28. The molecule has 0 amide bonds. The Hall–Kier alpha value is -7.43. The lowest BCUT2D eigenvalue weighted by Crippen LogP contribution is -1.97. The summed E-state index contributed by atoms with van der Waals surface area (Å²) < 4.78 is 7.08. The van der Waals surface area contributed by atoms with Crippen LogP contribution in [0.5, 0.6) is 11.5 Å². The fraction of sp³-hybridized carbons (Fsp3) is 0. The van der Waals surface area contributed by atoms with Gasteiger partial charge in [0.05, 0.1) is 11.4 Å². The Kier molecular flexibility index (Phi) is 8.12. The van der Waals surface area contributed by atoms with Gasteiger partial charge in [0.2, 0.25) is 0 Å². The van der Waals surface area contributed by atoms with Crippen molar-refractivity contribution < 1.29 is 4.74 Å². The second-order valence-electron chi connectivity index (χ2n) is 13.6. The molecule has 0 bridgehead atoms. The Morgan fingerprint density at radius 2 is 1.05 bits per heavy atom. The largest absolute Gasteiger partial charge is 0.455 e. The van der Waals surface area contributed by atoms with Crippen LogP contribution in [0.1, 0.15) is 11.1 Å². The Labute approximate surface area is 319 Å². The van der Waals surface area contributed by atoms with E-state index in [0.29, 0.717) is 5.82 Å². The van der Waals surface area contributed by atoms with Crippen molar-refractivity contribution in [2.75, 3.05) is 0 Å². The van der Waals surface area contributed by atoms with Gasteiger partial charge in [-0.2, -0.15) is 0 Å². The molecule has 0 saturated heterocycles. The SMILES string of the molecule is C1=C\c2ccc(-c3nc(-c4ccccc4)cc(-c4ccc(-c5cccnc5)cc4)n3)cc2-c2ccc3ccccc3c2Oc2ccccc2-c2ccccc2/1. The van der Waals surface area contributed by atoms with Crippen LogP contribution in [0.4, 0.5) is 0 Å². The number of hydrogen-bond donors (Lipinski definition) is 0. The summed E-state index contributed by atoms with van der Waals surface area (Å²) in [6, 6.07) is 61.0. The Morgan fingerprint density at radius 1 is 0.400 bits per heavy atom. The molecule has 0 radical (unpaired) electrons. The highest BCUT2D eigenvalue weighted by Crippen LogP contribution is 2.45. The molecule has 4 nitrogen and oxygen atoms in total. The average molecular weight is 704 g/mol. The van der Waals surface area contributed by atoms with Gasteiger partial charge in [-0.05, 0) is 69.1 Å². The summed E-state index contributed by atoms with van der Waals surface area (Å²) in [6.45, 7) is 0. The van der Waals surface area contributed by atoms with Gasteiger partial charge in [0.1, 0.15) is 11.5 Å². The summed E-state index contributed by atoms with van der Waals surface area (Å²) in [7, 11) is 0. The monoisotopic (exact) mass is 703 g/mol. The third kappa shape index (κ3) is 6.16. The lowest BCUT2D eigenvalue weighted by atomic mass is 9.93. The topological polar surface area (TPSA) is 47.9 Å². The molecule has 0 aliphatic carbocycles. The summed E-state index contributed by atoms with van der Waals surface area (Å²) in [5.74, 6) is 2.26. The molecule has 0 N–H and O–H groups in total. The molecule has 7 aromatic carbocycles. The predicted molar refractivity (Wildman–Crippen MR) is 225 cm³/mol. The van der Waals surface area contributed by atoms with Gasteiger partial charge >= 0.3 is 0 Å². The lowest BCUT2D eigenvalue weighted by molar-refractivity contribution is 0.492. The molecule has 9 aromatic rings. The van der Waals surface area contributed by atoms with E-state index in [4.69, 9.17) is 14.7 Å². The van der Waals surface area contributed by atoms with Crippen LogP contribution in [0.3, 0.4) is 0 Å². The first-order valence-electron chi connectivity index (χ1n) is 18.4. The Balaban J connectivity index is 1.18. The van der Waals surface area contributed by atoms with Crippen LogP contribution in [0.25, 0.3) is 90.2 Å². The van der Waals surface area contributed by atoms with Crippen molar-refractivity contribution in [2.45, 2.75) is 0 Å². The maximum atomic E-state index is 7.08. The zero-order valence-corrected chi connectivity index (χ0v) is 29.8. The predicted octanol–water partition coefficient (Wildman–Crippen LogP) is 13.3. The summed E-state index contributed by atoms with van der Waals surface area (Å²) in [4.78, 5) is 14.7. The van der Waals surface area contributed by atoms with Crippen molar-refractivity contribution in [3.63, 3.8) is 0 Å². The van der Waals surface area contributed by atoms with Gasteiger partial charge < -0.3 is 4.74 Å². The minimum absolute atomic E-state index is 0.646. The van der Waals surface area contributed by atoms with Crippen molar-refractivity contribution in [2.24, 2.45) is 0 Å². The number of para-hydroxylation sites is 1. The Bertz CT molecular complexity index is 2880. The van der Waals surface area contributed by atoms with Crippen LogP contribution < -0.4 is 4.74 Å². The molecule has 0 unspecified atom stereocenters. The molecule has 55 heavy (non-hydrogen) atoms. The molecule has 258 valence electrons. The fourth-order valence-electron chi connectivity index (χ4n) is 7.44. The molecule has 1 aliphatic rings. The van der Waals surface area contributed by atoms with Gasteiger partial charge in [0.25, 0.3) is 0 Å². The summed E-state index contributed by atoms with van der Waals surface area (Å²) >= 11 is 0. The van der Waals surface area contributed by atoms with Gasteiger partial charge in [0, 0.05) is 45.6 Å². The van der Waals surface area contributed by atoms with E-state index in [2.05, 4.69) is 163 Å². The first-order chi connectivity index (χ1) is 27.2. The fourth-order valence-corrected chi connectivity index (χ4v) is 7.44. The molecule has 0 spiro atoms. The Morgan fingerprint density at radius 3 is 1.87 bits per heavy atom. The van der Waals surface area contributed by atoms with Crippen LogP contribution in [0.2, 0.25) is 0 Å². The minimum Gasteiger partial charge on any atom is -0.455 e. The van der Waals surface area contributed by atoms with E-state index in [9.17, 15) is 0 Å². The standard InChI is InChI=1S/C51H33N3O/c1-2-13-38(14-3-1)47-32-48(39-25-20-34(21-26-39)41-15-10-30-52-33-41)54-51(53-47)40-27-24-37-23-22-35-11-4-6-16-42(35)44-18-8-9-19-49(44)55-50-43-17-7-5-12-36(43)28-29-45(50)46(37)31-40/h1-33H/b23-22-. The molecule has 4 heteroatoms. The highest BCUT2D eigenvalue weighted by molar-refractivity contribution is 5.99. The first kappa shape index (κ1) is 32.2. The normalized spacial score (nSPS) is 12.3. The smallest absolute Gasteiger partial charge is 0.160 e. The molecule has 0 atom stereocenters. The van der Waals surface area contributed by atoms with Crippen LogP contribution in [-0.2, 0) is 0 Å². The molecule has 3 heterocycles. The van der Waals surface area contributed by atoms with E-state index in [0.717, 1.165) is 94.9 Å². The number of hydrogen-bond acceptors (Lipinski definition) is 4. The van der Waals surface area contributed by atoms with E-state index in [-0.39, 0.29) is 0 Å². The number of fused-ring (bicyclic) bond motifs is 8. The second-order valence-corrected chi connectivity index (χ2v) is 13.6. The van der Waals surface area contributed by atoms with Crippen LogP contribution in [0, 0.1) is 0 Å². The van der Waals surface area contributed by atoms with Crippen molar-refractivity contribution in [3.8, 4) is 78.8 Å². The number of pyridine rings is 1. The number of benzene rings is 7. The van der Waals surface area contributed by atoms with E-state index in [1.165, 1.54) is 0 Å². The molecule has 10 rings (SSSR count). The molecule has 0 saturated carbocycles. The molecule has 1 aliphatic heterocycles. The van der Waals surface area contributed by atoms with E-state index >= 15 is 0 Å². The van der Waals surface area contributed by atoms with Gasteiger partial charge in [-0.25, -0.2) is 9.97 Å². The van der Waals surface area contributed by atoms with Crippen molar-refractivity contribution in [1.29, 1.82) is 0 Å². The van der Waals surface area contributed by atoms with Gasteiger partial charge in [-0.1, -0.05) is 158 Å². The van der Waals surface area contributed by atoms with E-state index in [1.807, 2.05) is 36.5 Å². The van der Waals surface area contributed by atoms with Crippen LogP contribution >= 0.6 is 0 Å². The zero-order chi connectivity index (χ0) is 36.6. The summed E-state index contributed by atoms with van der Waals surface area (Å²) in [5, 5.41) is 2.15. The van der Waals surface area contributed by atoms with Crippen molar-refractivity contribution in [3.05, 3.63) is 199 Å². The number of nitrogens with zero attached hydrogens (tertiary/aromatic N) is 3. The lowest BCUT2D eigenvalue weighted by Gasteiger charge is -2.18. The molecular formula is C51H33N3O. The third-order valence-electron chi connectivity index (χ3n) is 10.2. The first-order valence-corrected chi connectivity index (χ1v) is 18.4. The maximum absolute atomic E-state index is 7.08. The van der Waals surface area contributed by atoms with Gasteiger partial charge in [-0.15, -0.1) is 0 Å². The maximum Gasteiger partial charge on any atom is 0.160 e. The van der Waals surface area contributed by atoms with Crippen LogP contribution in [-0.4, -0.2) is 15.0 Å². The zero-order valence-electron chi connectivity index (χ0n) is 29.8. The van der Waals surface area contributed by atoms with E-state index in [1.54, 1.807) is 6.20 Å². The number of ether oxygens (including phenoxy) is 1. The third-order valence-corrected chi connectivity index (χ3v) is 10.2. The number of rotatable bonds is 4. The van der Waals surface area contributed by atoms with E-state index < -0.39 is 0 Å². The minimum atomic E-state index is 0.646. The highest BCUT2D eigenvalue weighted by Gasteiger charge is 2.20. The summed E-state index contributed by atoms with van der Waals surface area (Å²) in [5.41, 5.74) is 13.2. The van der Waals surface area contributed by atoms with Gasteiger partial charge in [-0.3, -0.25) is 4.98 Å². The van der Waals surface area contributed by atoms with Gasteiger partial charge in [0.15, 0.2) is 5.82 Å². The molecule has 2 aromatic heterocycles. The summed E-state index contributed by atoms with van der Waals surface area (Å²) in [6.07, 6.45) is 8.09. The number of aromatic nitrogens is 3. The van der Waals surface area contributed by atoms with Crippen LogP contribution in [0.15, 0.2) is 188 Å². The molecular weight excluding hydrogens is 671 g/mol. The molecule has 0 fully saturated rings. The quantitative estimate of drug-likeness (QED) is 0.183. The van der Waals surface area contributed by atoms with Crippen molar-refractivity contribution >= 4 is 22.9 Å². The highest BCUT2D eigenvalue weighted by atomic mass is 16.5. The second kappa shape index (κ2) is 13.8. The van der Waals surface area contributed by atoms with Crippen molar-refractivity contribution in [1.82, 2.24) is 15.0 Å².